The molecule has 2 aromatic rings. The smallest absolute Gasteiger partial charge is 0.242 e. The van der Waals surface area contributed by atoms with Gasteiger partial charge in [0, 0.05) is 6.54 Å². The minimum atomic E-state index is -3.67. The van der Waals surface area contributed by atoms with Crippen molar-refractivity contribution in [2.75, 3.05) is 0 Å². The lowest BCUT2D eigenvalue weighted by atomic mass is 10.3. The first-order valence-corrected chi connectivity index (χ1v) is 8.40. The second-order valence-electron chi connectivity index (χ2n) is 4.19. The molecule has 0 atom stereocenters. The van der Waals surface area contributed by atoms with Crippen molar-refractivity contribution in [3.05, 3.63) is 28.0 Å². The summed E-state index contributed by atoms with van der Waals surface area (Å²) < 4.78 is 28.9. The summed E-state index contributed by atoms with van der Waals surface area (Å²) >= 11 is 1.23. The third-order valence-electron chi connectivity index (χ3n) is 2.86. The molecule has 2 heterocycles. The number of aliphatic hydroxyl groups is 1. The highest BCUT2D eigenvalue weighted by molar-refractivity contribution is 7.89. The summed E-state index contributed by atoms with van der Waals surface area (Å²) in [5, 5.41) is 18.6. The van der Waals surface area contributed by atoms with Crippen LogP contribution in [0.15, 0.2) is 16.6 Å². The largest absolute Gasteiger partial charge is 0.391 e. The van der Waals surface area contributed by atoms with E-state index in [1.807, 2.05) is 6.92 Å². The molecule has 0 aromatic carbocycles. The maximum atomic E-state index is 12.3. The maximum absolute atomic E-state index is 12.3. The monoisotopic (exact) mass is 316 g/mol. The molecule has 0 aliphatic rings. The highest BCUT2D eigenvalue weighted by Crippen LogP contribution is 2.26. The van der Waals surface area contributed by atoms with Gasteiger partial charge in [-0.3, -0.25) is 0 Å². The summed E-state index contributed by atoms with van der Waals surface area (Å²) in [6.45, 7) is 4.08. The quantitative estimate of drug-likeness (QED) is 0.815. The van der Waals surface area contributed by atoms with Gasteiger partial charge in [0.25, 0.3) is 0 Å². The van der Waals surface area contributed by atoms with Gasteiger partial charge >= 0.3 is 0 Å². The van der Waals surface area contributed by atoms with Crippen LogP contribution in [0.5, 0.6) is 0 Å². The second-order valence-corrected chi connectivity index (χ2v) is 6.85. The number of aliphatic hydroxyl groups excluding tert-OH is 1. The van der Waals surface area contributed by atoms with E-state index in [4.69, 9.17) is 0 Å². The average Bonchev–Trinajstić information content (AvgIpc) is 3.02. The van der Waals surface area contributed by atoms with E-state index in [1.54, 1.807) is 23.2 Å². The van der Waals surface area contributed by atoms with Gasteiger partial charge in [0.2, 0.25) is 10.0 Å². The lowest BCUT2D eigenvalue weighted by molar-refractivity contribution is 0.282. The highest BCUT2D eigenvalue weighted by Gasteiger charge is 2.23. The van der Waals surface area contributed by atoms with Crippen LogP contribution in [0.2, 0.25) is 0 Å². The fourth-order valence-corrected chi connectivity index (χ4v) is 4.51. The molecule has 0 radical (unpaired) electrons. The molecule has 0 spiro atoms. The van der Waals surface area contributed by atoms with E-state index < -0.39 is 10.0 Å². The Morgan fingerprint density at radius 1 is 1.50 bits per heavy atom. The zero-order valence-corrected chi connectivity index (χ0v) is 12.8. The summed E-state index contributed by atoms with van der Waals surface area (Å²) in [5.41, 5.74) is 0.628. The molecule has 0 fully saturated rings. The Kier molecular flexibility index (Phi) is 4.53. The Labute approximate surface area is 121 Å². The van der Waals surface area contributed by atoms with Crippen LogP contribution in [0.3, 0.4) is 0 Å². The Balaban J connectivity index is 2.22. The van der Waals surface area contributed by atoms with E-state index in [9.17, 15) is 13.5 Å². The van der Waals surface area contributed by atoms with Crippen molar-refractivity contribution in [2.45, 2.75) is 38.4 Å². The summed E-state index contributed by atoms with van der Waals surface area (Å²) in [5.74, 6) is 0.550. The Hall–Kier alpha value is -1.29. The van der Waals surface area contributed by atoms with E-state index >= 15 is 0 Å². The van der Waals surface area contributed by atoms with Gasteiger partial charge in [0.15, 0.2) is 0 Å². The number of nitrogens with zero attached hydrogens (tertiary/aromatic N) is 3. The second kappa shape index (κ2) is 6.00. The Morgan fingerprint density at radius 3 is 2.90 bits per heavy atom. The zero-order valence-electron chi connectivity index (χ0n) is 11.2. The van der Waals surface area contributed by atoms with Gasteiger partial charge in [-0.25, -0.2) is 13.1 Å². The van der Waals surface area contributed by atoms with Crippen molar-refractivity contribution in [3.63, 3.8) is 0 Å². The van der Waals surface area contributed by atoms with Gasteiger partial charge in [0.05, 0.1) is 18.0 Å². The molecular formula is C11H16N4O3S2. The molecule has 20 heavy (non-hydrogen) atoms. The molecule has 0 aliphatic carbocycles. The van der Waals surface area contributed by atoms with Gasteiger partial charge in [-0.1, -0.05) is 0 Å². The average molecular weight is 316 g/mol. The minimum Gasteiger partial charge on any atom is -0.391 e. The van der Waals surface area contributed by atoms with E-state index in [2.05, 4.69) is 14.9 Å². The number of hydrogen-bond acceptors (Lipinski definition) is 6. The minimum absolute atomic E-state index is 0.0658. The van der Waals surface area contributed by atoms with Crippen molar-refractivity contribution >= 4 is 21.4 Å². The molecule has 0 amide bonds. The fraction of sp³-hybridized carbons (Fsp3) is 0.455. The highest BCUT2D eigenvalue weighted by atomic mass is 32.2. The van der Waals surface area contributed by atoms with Crippen molar-refractivity contribution in [1.82, 2.24) is 19.5 Å². The van der Waals surface area contributed by atoms with Gasteiger partial charge in [-0.05, 0) is 24.8 Å². The number of rotatable bonds is 6. The van der Waals surface area contributed by atoms with Crippen LogP contribution in [0, 0.1) is 6.92 Å². The van der Waals surface area contributed by atoms with Gasteiger partial charge in [-0.15, -0.1) is 21.5 Å². The molecule has 0 aliphatic heterocycles. The summed E-state index contributed by atoms with van der Waals surface area (Å²) in [6.07, 6.45) is 1.55. The zero-order chi connectivity index (χ0) is 14.8. The lowest BCUT2D eigenvalue weighted by Gasteiger charge is -2.08. The molecule has 2 N–H and O–H groups in total. The Morgan fingerprint density at radius 2 is 2.25 bits per heavy atom. The van der Waals surface area contributed by atoms with Crippen LogP contribution in [0.4, 0.5) is 0 Å². The van der Waals surface area contributed by atoms with Gasteiger partial charge in [-0.2, -0.15) is 0 Å². The molecule has 2 rings (SSSR count). The third kappa shape index (κ3) is 2.90. The van der Waals surface area contributed by atoms with Crippen LogP contribution >= 0.6 is 11.3 Å². The molecule has 110 valence electrons. The standard InChI is InChI=1S/C11H16N4O3S2/c1-3-15-7-12-14-10(15)4-13-20(17,18)11-8(2)6-19-9(11)5-16/h6-7,13,16H,3-5H2,1-2H3. The predicted octanol–water partition coefficient (Wildman–Crippen LogP) is 0.639. The van der Waals surface area contributed by atoms with Crippen LogP contribution in [-0.2, 0) is 29.7 Å². The first kappa shape index (κ1) is 15.1. The number of sulfonamides is 1. The van der Waals surface area contributed by atoms with Gasteiger partial charge < -0.3 is 9.67 Å². The van der Waals surface area contributed by atoms with Crippen molar-refractivity contribution < 1.29 is 13.5 Å². The molecule has 0 bridgehead atoms. The van der Waals surface area contributed by atoms with Crippen molar-refractivity contribution in [2.24, 2.45) is 0 Å². The van der Waals surface area contributed by atoms with Crippen molar-refractivity contribution in [1.29, 1.82) is 0 Å². The Bertz CT molecular complexity index is 690. The van der Waals surface area contributed by atoms with Gasteiger partial charge in [0.1, 0.15) is 17.0 Å². The first-order valence-electron chi connectivity index (χ1n) is 6.03. The van der Waals surface area contributed by atoms with Crippen LogP contribution in [-0.4, -0.2) is 28.3 Å². The molecule has 0 unspecified atom stereocenters. The molecule has 0 saturated heterocycles. The van der Waals surface area contributed by atoms with E-state index in [1.165, 1.54) is 11.3 Å². The van der Waals surface area contributed by atoms with E-state index in [-0.39, 0.29) is 18.0 Å². The maximum Gasteiger partial charge on any atom is 0.242 e. The molecule has 7 nitrogen and oxygen atoms in total. The summed E-state index contributed by atoms with van der Waals surface area (Å²) in [4.78, 5) is 0.597. The normalized spacial score (nSPS) is 11.9. The predicted molar refractivity (Wildman–Crippen MR) is 74.7 cm³/mol. The summed E-state index contributed by atoms with van der Waals surface area (Å²) in [7, 11) is -3.67. The number of hydrogen-bond donors (Lipinski definition) is 2. The molecular weight excluding hydrogens is 300 g/mol. The van der Waals surface area contributed by atoms with Crippen LogP contribution in [0.1, 0.15) is 23.2 Å². The molecule has 9 heteroatoms. The summed E-state index contributed by atoms with van der Waals surface area (Å²) in [6, 6.07) is 0. The number of aryl methyl sites for hydroxylation is 2. The number of nitrogens with one attached hydrogen (secondary N) is 1. The van der Waals surface area contributed by atoms with E-state index in [0.29, 0.717) is 22.8 Å². The SMILES string of the molecule is CCn1cnnc1CNS(=O)(=O)c1c(C)csc1CO. The van der Waals surface area contributed by atoms with E-state index in [0.717, 1.165) is 0 Å². The van der Waals surface area contributed by atoms with Crippen molar-refractivity contribution in [3.8, 4) is 0 Å². The number of aromatic nitrogens is 3. The van der Waals surface area contributed by atoms with Crippen LogP contribution in [0.25, 0.3) is 0 Å². The molecule has 2 aromatic heterocycles. The topological polar surface area (TPSA) is 97.1 Å². The fourth-order valence-electron chi connectivity index (χ4n) is 1.87. The third-order valence-corrected chi connectivity index (χ3v) is 5.71. The number of thiophene rings is 1. The first-order chi connectivity index (χ1) is 9.49. The molecule has 0 saturated carbocycles. The van der Waals surface area contributed by atoms with Crippen LogP contribution < -0.4 is 4.72 Å². The lowest BCUT2D eigenvalue weighted by Crippen LogP contribution is -2.26.